The summed E-state index contributed by atoms with van der Waals surface area (Å²) in [6.07, 6.45) is 0.872. The number of methoxy groups -OCH3 is 1. The monoisotopic (exact) mass is 375 g/mol. The van der Waals surface area contributed by atoms with Gasteiger partial charge >= 0.3 is 6.03 Å². The molecule has 144 valence electrons. The van der Waals surface area contributed by atoms with Crippen molar-refractivity contribution >= 4 is 11.7 Å². The first kappa shape index (κ1) is 19.1. The van der Waals surface area contributed by atoms with E-state index in [0.717, 1.165) is 49.5 Å². The van der Waals surface area contributed by atoms with Gasteiger partial charge in [0.1, 0.15) is 17.4 Å². The van der Waals surface area contributed by atoms with Crippen molar-refractivity contribution in [3.05, 3.63) is 59.7 Å². The highest BCUT2D eigenvalue weighted by atomic mass is 19.1. The van der Waals surface area contributed by atoms with Gasteiger partial charge in [-0.3, -0.25) is 4.90 Å². The van der Waals surface area contributed by atoms with Gasteiger partial charge in [-0.1, -0.05) is 18.2 Å². The van der Waals surface area contributed by atoms with Crippen LogP contribution in [0.5, 0.6) is 5.75 Å². The zero-order chi connectivity index (χ0) is 19.2. The summed E-state index contributed by atoms with van der Waals surface area (Å²) in [7, 11) is 1.67. The predicted octanol–water partition coefficient (Wildman–Crippen LogP) is 3.37. The first-order valence-electron chi connectivity index (χ1n) is 8.92. The third kappa shape index (κ3) is 4.95. The Hall–Kier alpha value is -2.67. The van der Waals surface area contributed by atoms with Crippen LogP contribution in [0.3, 0.4) is 0 Å². The summed E-state index contributed by atoms with van der Waals surface area (Å²) in [5, 5.41) is 2.51. The van der Waals surface area contributed by atoms with Crippen LogP contribution in [0.1, 0.15) is 5.56 Å². The molecule has 1 aliphatic heterocycles. The molecule has 1 saturated heterocycles. The van der Waals surface area contributed by atoms with E-state index in [4.69, 9.17) is 4.74 Å². The maximum Gasteiger partial charge on any atom is 0.322 e. The number of halogens is 2. The number of ether oxygens (including phenoxy) is 1. The van der Waals surface area contributed by atoms with Crippen LogP contribution < -0.4 is 10.1 Å². The Balaban J connectivity index is 1.47. The summed E-state index contributed by atoms with van der Waals surface area (Å²) in [6, 6.07) is 10.7. The molecule has 0 bridgehead atoms. The van der Waals surface area contributed by atoms with E-state index in [0.29, 0.717) is 13.1 Å². The molecule has 0 unspecified atom stereocenters. The van der Waals surface area contributed by atoms with Crippen LogP contribution >= 0.6 is 0 Å². The molecule has 2 amide bonds. The molecule has 7 heteroatoms. The largest absolute Gasteiger partial charge is 0.496 e. The summed E-state index contributed by atoms with van der Waals surface area (Å²) >= 11 is 0. The zero-order valence-corrected chi connectivity index (χ0v) is 15.3. The molecule has 0 saturated carbocycles. The number of piperazine rings is 1. The van der Waals surface area contributed by atoms with E-state index < -0.39 is 11.6 Å². The smallest absolute Gasteiger partial charge is 0.322 e. The number of hydrogen-bond acceptors (Lipinski definition) is 3. The van der Waals surface area contributed by atoms with E-state index in [1.165, 1.54) is 6.07 Å². The number of nitrogens with zero attached hydrogens (tertiary/aromatic N) is 2. The molecule has 0 aliphatic carbocycles. The lowest BCUT2D eigenvalue weighted by molar-refractivity contribution is 0.148. The van der Waals surface area contributed by atoms with Gasteiger partial charge in [-0.05, 0) is 30.2 Å². The maximum atomic E-state index is 13.7. The molecular weight excluding hydrogens is 352 g/mol. The number of amides is 2. The number of carbonyl (C=O) groups is 1. The molecule has 0 radical (unpaired) electrons. The number of nitrogens with one attached hydrogen (secondary N) is 1. The number of benzene rings is 2. The quantitative estimate of drug-likeness (QED) is 0.872. The van der Waals surface area contributed by atoms with Gasteiger partial charge < -0.3 is 15.0 Å². The Labute approximate surface area is 157 Å². The van der Waals surface area contributed by atoms with Crippen LogP contribution in [0.2, 0.25) is 0 Å². The van der Waals surface area contributed by atoms with E-state index in [2.05, 4.69) is 16.3 Å². The van der Waals surface area contributed by atoms with Gasteiger partial charge in [0.2, 0.25) is 0 Å². The first-order chi connectivity index (χ1) is 13.1. The van der Waals surface area contributed by atoms with Crippen LogP contribution in [0.15, 0.2) is 42.5 Å². The van der Waals surface area contributed by atoms with E-state index in [1.807, 2.05) is 18.2 Å². The van der Waals surface area contributed by atoms with Gasteiger partial charge in [-0.15, -0.1) is 0 Å². The Morgan fingerprint density at radius 1 is 1.11 bits per heavy atom. The van der Waals surface area contributed by atoms with Gasteiger partial charge in [0.05, 0.1) is 12.8 Å². The molecule has 2 aromatic rings. The average molecular weight is 375 g/mol. The van der Waals surface area contributed by atoms with Crippen LogP contribution in [0.25, 0.3) is 0 Å². The Morgan fingerprint density at radius 3 is 2.56 bits per heavy atom. The molecule has 2 aromatic carbocycles. The lowest BCUT2D eigenvalue weighted by Crippen LogP contribution is -2.50. The highest BCUT2D eigenvalue weighted by molar-refractivity contribution is 5.89. The molecule has 0 atom stereocenters. The second-order valence-electron chi connectivity index (χ2n) is 6.44. The Morgan fingerprint density at radius 2 is 1.85 bits per heavy atom. The molecule has 1 heterocycles. The van der Waals surface area contributed by atoms with E-state index in [1.54, 1.807) is 12.0 Å². The molecule has 3 rings (SSSR count). The average Bonchev–Trinajstić information content (AvgIpc) is 2.69. The molecule has 0 spiro atoms. The number of anilines is 1. The minimum Gasteiger partial charge on any atom is -0.496 e. The fourth-order valence-electron chi connectivity index (χ4n) is 3.15. The standard InChI is InChI=1S/C20H23F2N3O2/c1-27-19-5-3-2-4-15(19)8-9-24-10-12-25(13-11-24)20(26)23-18-7-6-16(21)14-17(18)22/h2-7,14H,8-13H2,1H3,(H,23,26). The topological polar surface area (TPSA) is 44.8 Å². The number of para-hydroxylation sites is 1. The van der Waals surface area contributed by atoms with Crippen molar-refractivity contribution in [3.63, 3.8) is 0 Å². The predicted molar refractivity (Wildman–Crippen MR) is 100 cm³/mol. The van der Waals surface area contributed by atoms with Crippen molar-refractivity contribution in [2.24, 2.45) is 0 Å². The summed E-state index contributed by atoms with van der Waals surface area (Å²) in [5.41, 5.74) is 1.15. The molecule has 1 aliphatic rings. The lowest BCUT2D eigenvalue weighted by atomic mass is 10.1. The number of urea groups is 1. The number of hydrogen-bond donors (Lipinski definition) is 1. The Kier molecular flexibility index (Phi) is 6.24. The molecule has 5 nitrogen and oxygen atoms in total. The molecule has 1 fully saturated rings. The molecule has 0 aromatic heterocycles. The van der Waals surface area contributed by atoms with Gasteiger partial charge in [0, 0.05) is 38.8 Å². The highest BCUT2D eigenvalue weighted by Gasteiger charge is 2.22. The minimum absolute atomic E-state index is 0.0139. The van der Waals surface area contributed by atoms with Gasteiger partial charge in [-0.25, -0.2) is 13.6 Å². The van der Waals surface area contributed by atoms with Crippen LogP contribution in [0, 0.1) is 11.6 Å². The SMILES string of the molecule is COc1ccccc1CCN1CCN(C(=O)Nc2ccc(F)cc2F)CC1. The van der Waals surface area contributed by atoms with Crippen molar-refractivity contribution in [3.8, 4) is 5.75 Å². The van der Waals surface area contributed by atoms with Crippen LogP contribution in [-0.4, -0.2) is 55.7 Å². The van der Waals surface area contributed by atoms with Crippen LogP contribution in [0.4, 0.5) is 19.3 Å². The van der Waals surface area contributed by atoms with Gasteiger partial charge in [-0.2, -0.15) is 0 Å². The van der Waals surface area contributed by atoms with Crippen molar-refractivity contribution < 1.29 is 18.3 Å². The van der Waals surface area contributed by atoms with E-state index in [-0.39, 0.29) is 11.7 Å². The van der Waals surface area contributed by atoms with Crippen molar-refractivity contribution in [2.75, 3.05) is 45.2 Å². The van der Waals surface area contributed by atoms with Crippen molar-refractivity contribution in [2.45, 2.75) is 6.42 Å². The summed E-state index contributed by atoms with van der Waals surface area (Å²) in [5.74, 6) is -0.565. The second-order valence-corrected chi connectivity index (χ2v) is 6.44. The van der Waals surface area contributed by atoms with Crippen LogP contribution in [-0.2, 0) is 6.42 Å². The minimum atomic E-state index is -0.779. The second kappa shape index (κ2) is 8.81. The maximum absolute atomic E-state index is 13.7. The summed E-state index contributed by atoms with van der Waals surface area (Å²) in [4.78, 5) is 16.2. The fourth-order valence-corrected chi connectivity index (χ4v) is 3.15. The van der Waals surface area contributed by atoms with E-state index in [9.17, 15) is 13.6 Å². The van der Waals surface area contributed by atoms with E-state index >= 15 is 0 Å². The fraction of sp³-hybridized carbons (Fsp3) is 0.350. The lowest BCUT2D eigenvalue weighted by Gasteiger charge is -2.34. The molecule has 27 heavy (non-hydrogen) atoms. The highest BCUT2D eigenvalue weighted by Crippen LogP contribution is 2.19. The summed E-state index contributed by atoms with van der Waals surface area (Å²) in [6.45, 7) is 3.48. The third-order valence-electron chi connectivity index (χ3n) is 4.72. The van der Waals surface area contributed by atoms with Gasteiger partial charge in [0.15, 0.2) is 0 Å². The first-order valence-corrected chi connectivity index (χ1v) is 8.92. The third-order valence-corrected chi connectivity index (χ3v) is 4.72. The normalized spacial score (nSPS) is 14.9. The van der Waals surface area contributed by atoms with Gasteiger partial charge in [0.25, 0.3) is 0 Å². The molecular formula is C20H23F2N3O2. The zero-order valence-electron chi connectivity index (χ0n) is 15.3. The number of rotatable bonds is 5. The molecule has 1 N–H and O–H groups in total. The van der Waals surface area contributed by atoms with Crippen molar-refractivity contribution in [1.82, 2.24) is 9.80 Å². The summed E-state index contributed by atoms with van der Waals surface area (Å²) < 4.78 is 32.0. The Bertz CT molecular complexity index is 793. The number of carbonyl (C=O) groups excluding carboxylic acids is 1. The van der Waals surface area contributed by atoms with Crippen molar-refractivity contribution in [1.29, 1.82) is 0 Å².